The Hall–Kier alpha value is -1.68. The minimum Gasteiger partial charge on any atom is -0.380 e. The van der Waals surface area contributed by atoms with E-state index in [1.165, 1.54) is 8.61 Å². The standard InChI is InChI=1S/C17H29N5O3S/c1-21(2)26(23,24)22-11-7-6-9-15(22)12-19-17(18)20-16-10-5-4-8-14(16)13-25-3/h4-5,8,10,15H,6-7,9,11-13H2,1-3H3,(H3,18,19,20). The maximum atomic E-state index is 12.5. The minimum absolute atomic E-state index is 0.175. The molecule has 1 atom stereocenters. The molecule has 0 bridgehead atoms. The van der Waals surface area contributed by atoms with Crippen LogP contribution in [0, 0.1) is 0 Å². The molecule has 1 aliphatic rings. The van der Waals surface area contributed by atoms with Crippen LogP contribution in [0.5, 0.6) is 0 Å². The third-order valence-corrected chi connectivity index (χ3v) is 6.38. The van der Waals surface area contributed by atoms with E-state index < -0.39 is 10.2 Å². The summed E-state index contributed by atoms with van der Waals surface area (Å²) in [5.41, 5.74) is 7.83. The van der Waals surface area contributed by atoms with E-state index in [4.69, 9.17) is 10.5 Å². The number of para-hydroxylation sites is 1. The van der Waals surface area contributed by atoms with Gasteiger partial charge in [-0.2, -0.15) is 17.0 Å². The third kappa shape index (κ3) is 5.16. The van der Waals surface area contributed by atoms with Gasteiger partial charge in [0.05, 0.1) is 13.2 Å². The van der Waals surface area contributed by atoms with Crippen molar-refractivity contribution in [1.29, 1.82) is 0 Å². The molecule has 0 amide bonds. The molecular weight excluding hydrogens is 354 g/mol. The van der Waals surface area contributed by atoms with E-state index in [1.54, 1.807) is 21.2 Å². The molecule has 0 spiro atoms. The van der Waals surface area contributed by atoms with Crippen LogP contribution < -0.4 is 11.1 Å². The van der Waals surface area contributed by atoms with Crippen LogP contribution in [0.4, 0.5) is 5.69 Å². The Balaban J connectivity index is 2.07. The van der Waals surface area contributed by atoms with Crippen molar-refractivity contribution in [3.63, 3.8) is 0 Å². The highest BCUT2D eigenvalue weighted by atomic mass is 32.2. The van der Waals surface area contributed by atoms with E-state index >= 15 is 0 Å². The summed E-state index contributed by atoms with van der Waals surface area (Å²) >= 11 is 0. The maximum absolute atomic E-state index is 12.5. The molecule has 1 heterocycles. The van der Waals surface area contributed by atoms with Gasteiger partial charge >= 0.3 is 0 Å². The van der Waals surface area contributed by atoms with Gasteiger partial charge in [0.15, 0.2) is 5.96 Å². The minimum atomic E-state index is -3.45. The molecule has 3 N–H and O–H groups in total. The number of ether oxygens (including phenoxy) is 1. The number of rotatable bonds is 7. The van der Waals surface area contributed by atoms with Gasteiger partial charge in [-0.15, -0.1) is 0 Å². The lowest BCUT2D eigenvalue weighted by Crippen LogP contribution is -2.50. The summed E-state index contributed by atoms with van der Waals surface area (Å²) in [7, 11) is 1.28. The Labute approximate surface area is 156 Å². The molecule has 26 heavy (non-hydrogen) atoms. The highest BCUT2D eigenvalue weighted by molar-refractivity contribution is 7.86. The summed E-state index contributed by atoms with van der Waals surface area (Å²) < 4.78 is 32.9. The monoisotopic (exact) mass is 383 g/mol. The summed E-state index contributed by atoms with van der Waals surface area (Å²) in [4.78, 5) is 4.39. The lowest BCUT2D eigenvalue weighted by atomic mass is 10.1. The zero-order chi connectivity index (χ0) is 19.2. The highest BCUT2D eigenvalue weighted by Gasteiger charge is 2.33. The first kappa shape index (κ1) is 20.6. The summed E-state index contributed by atoms with van der Waals surface area (Å²) in [6.07, 6.45) is 2.64. The number of hydrogen-bond acceptors (Lipinski definition) is 4. The normalized spacial score (nSPS) is 19.7. The maximum Gasteiger partial charge on any atom is 0.281 e. The SMILES string of the molecule is COCc1ccccc1NC(N)=NCC1CCCCN1S(=O)(=O)N(C)C. The largest absolute Gasteiger partial charge is 0.380 e. The Morgan fingerprint density at radius 1 is 1.38 bits per heavy atom. The summed E-state index contributed by atoms with van der Waals surface area (Å²) in [6, 6.07) is 7.51. The van der Waals surface area contributed by atoms with Gasteiger partial charge in [0, 0.05) is 45.0 Å². The Morgan fingerprint density at radius 2 is 2.12 bits per heavy atom. The smallest absolute Gasteiger partial charge is 0.281 e. The first-order valence-electron chi connectivity index (χ1n) is 8.69. The molecule has 0 aromatic heterocycles. The quantitative estimate of drug-likeness (QED) is 0.545. The first-order valence-corrected chi connectivity index (χ1v) is 10.1. The van der Waals surface area contributed by atoms with Crippen molar-refractivity contribution in [3.8, 4) is 0 Å². The molecule has 1 aromatic carbocycles. The number of hydrogen-bond donors (Lipinski definition) is 2. The summed E-state index contributed by atoms with van der Waals surface area (Å²) in [5, 5.41) is 3.08. The van der Waals surface area contributed by atoms with Crippen LogP contribution in [0.15, 0.2) is 29.3 Å². The molecule has 0 aliphatic carbocycles. The van der Waals surface area contributed by atoms with Crippen LogP contribution in [0.3, 0.4) is 0 Å². The van der Waals surface area contributed by atoms with E-state index in [0.29, 0.717) is 19.7 Å². The second kappa shape index (κ2) is 9.31. The van der Waals surface area contributed by atoms with Gasteiger partial charge < -0.3 is 15.8 Å². The van der Waals surface area contributed by atoms with Gasteiger partial charge in [-0.3, -0.25) is 4.99 Å². The number of anilines is 1. The van der Waals surface area contributed by atoms with Crippen molar-refractivity contribution < 1.29 is 13.2 Å². The Bertz CT molecular complexity index is 721. The molecule has 1 saturated heterocycles. The molecule has 2 rings (SSSR count). The summed E-state index contributed by atoms with van der Waals surface area (Å²) in [5.74, 6) is 0.265. The van der Waals surface area contributed by atoms with E-state index in [-0.39, 0.29) is 12.0 Å². The van der Waals surface area contributed by atoms with Gasteiger partial charge in [0.25, 0.3) is 10.2 Å². The number of nitrogens with zero attached hydrogens (tertiary/aromatic N) is 3. The number of guanidine groups is 1. The first-order chi connectivity index (χ1) is 12.4. The molecule has 1 fully saturated rings. The lowest BCUT2D eigenvalue weighted by molar-refractivity contribution is 0.185. The molecule has 8 nitrogen and oxygen atoms in total. The van der Waals surface area contributed by atoms with Crippen LogP contribution in [0.1, 0.15) is 24.8 Å². The molecule has 0 radical (unpaired) electrons. The van der Waals surface area contributed by atoms with Crippen LogP contribution >= 0.6 is 0 Å². The zero-order valence-electron chi connectivity index (χ0n) is 15.7. The van der Waals surface area contributed by atoms with Crippen LogP contribution in [-0.4, -0.2) is 63.3 Å². The molecular formula is C17H29N5O3S. The number of aliphatic imine (C=N–C) groups is 1. The van der Waals surface area contributed by atoms with Crippen molar-refractivity contribution in [2.75, 3.05) is 39.6 Å². The molecule has 0 saturated carbocycles. The average molecular weight is 384 g/mol. The molecule has 146 valence electrons. The number of nitrogens with one attached hydrogen (secondary N) is 1. The van der Waals surface area contributed by atoms with E-state index in [1.807, 2.05) is 24.3 Å². The molecule has 1 unspecified atom stereocenters. The highest BCUT2D eigenvalue weighted by Crippen LogP contribution is 2.22. The van der Waals surface area contributed by atoms with Gasteiger partial charge in [-0.1, -0.05) is 24.6 Å². The average Bonchev–Trinajstić information content (AvgIpc) is 2.62. The van der Waals surface area contributed by atoms with Gasteiger partial charge in [-0.25, -0.2) is 0 Å². The zero-order valence-corrected chi connectivity index (χ0v) is 16.5. The van der Waals surface area contributed by atoms with Crippen molar-refractivity contribution in [2.45, 2.75) is 31.9 Å². The predicted octanol–water partition coefficient (Wildman–Crippen LogP) is 1.22. The van der Waals surface area contributed by atoms with E-state index in [2.05, 4.69) is 10.3 Å². The molecule has 9 heteroatoms. The van der Waals surface area contributed by atoms with Crippen molar-refractivity contribution >= 4 is 21.9 Å². The number of piperidine rings is 1. The Morgan fingerprint density at radius 3 is 2.81 bits per heavy atom. The van der Waals surface area contributed by atoms with Crippen LogP contribution in [0.25, 0.3) is 0 Å². The lowest BCUT2D eigenvalue weighted by Gasteiger charge is -2.35. The second-order valence-electron chi connectivity index (χ2n) is 6.49. The topological polar surface area (TPSA) is 100 Å². The van der Waals surface area contributed by atoms with Gasteiger partial charge in [0.2, 0.25) is 0 Å². The van der Waals surface area contributed by atoms with Gasteiger partial charge in [0.1, 0.15) is 0 Å². The number of methoxy groups -OCH3 is 1. The van der Waals surface area contributed by atoms with Crippen molar-refractivity contribution in [1.82, 2.24) is 8.61 Å². The molecule has 1 aliphatic heterocycles. The van der Waals surface area contributed by atoms with E-state index in [0.717, 1.165) is 30.5 Å². The second-order valence-corrected chi connectivity index (χ2v) is 8.59. The van der Waals surface area contributed by atoms with Crippen LogP contribution in [0.2, 0.25) is 0 Å². The van der Waals surface area contributed by atoms with Crippen LogP contribution in [-0.2, 0) is 21.6 Å². The predicted molar refractivity (Wildman–Crippen MR) is 104 cm³/mol. The van der Waals surface area contributed by atoms with Gasteiger partial charge in [-0.05, 0) is 18.9 Å². The fraction of sp³-hybridized carbons (Fsp3) is 0.588. The van der Waals surface area contributed by atoms with E-state index in [9.17, 15) is 8.42 Å². The third-order valence-electron chi connectivity index (χ3n) is 4.38. The fourth-order valence-electron chi connectivity index (χ4n) is 2.97. The van der Waals surface area contributed by atoms with Crippen molar-refractivity contribution in [2.24, 2.45) is 10.7 Å². The fourth-order valence-corrected chi connectivity index (χ4v) is 4.30. The number of benzene rings is 1. The Kier molecular flexibility index (Phi) is 7.39. The molecule has 1 aromatic rings. The van der Waals surface area contributed by atoms with Crippen molar-refractivity contribution in [3.05, 3.63) is 29.8 Å². The summed E-state index contributed by atoms with van der Waals surface area (Å²) in [6.45, 7) is 1.32. The number of nitrogens with two attached hydrogens (primary N) is 1.